The molecular weight excluding hydrogens is 344 g/mol. The van der Waals surface area contributed by atoms with Crippen LogP contribution in [0.25, 0.3) is 0 Å². The van der Waals surface area contributed by atoms with E-state index in [0.29, 0.717) is 37.1 Å². The maximum Gasteiger partial charge on any atom is 0.373 e. The van der Waals surface area contributed by atoms with E-state index >= 15 is 0 Å². The smallest absolute Gasteiger partial charge is 0.373 e. The minimum Gasteiger partial charge on any atom is -0.463 e. The van der Waals surface area contributed by atoms with Gasteiger partial charge in [-0.05, 0) is 24.9 Å². The SMILES string of the molecule is CCc1oc(C(=O)OC)cc1S(=O)(=O)N1C[C@H]2CNC[C@H]2C1.Cl. The Kier molecular flexibility index (Phi) is 5.40. The molecule has 2 aliphatic rings. The summed E-state index contributed by atoms with van der Waals surface area (Å²) in [6.07, 6.45) is 0.397. The fourth-order valence-electron chi connectivity index (χ4n) is 3.23. The van der Waals surface area contributed by atoms with E-state index in [0.717, 1.165) is 13.1 Å². The van der Waals surface area contributed by atoms with Crippen LogP contribution in [0.4, 0.5) is 0 Å². The minimum absolute atomic E-state index is 0. The zero-order valence-corrected chi connectivity index (χ0v) is 14.7. The molecule has 0 saturated carbocycles. The normalized spacial score (nSPS) is 24.3. The van der Waals surface area contributed by atoms with E-state index in [1.54, 1.807) is 6.92 Å². The Labute approximate surface area is 141 Å². The molecule has 0 bridgehead atoms. The molecule has 0 aromatic carbocycles. The molecule has 0 aliphatic carbocycles. The third kappa shape index (κ3) is 3.13. The third-order valence-electron chi connectivity index (χ3n) is 4.45. The van der Waals surface area contributed by atoms with Gasteiger partial charge in [-0.25, -0.2) is 13.2 Å². The Hall–Kier alpha value is -1.09. The van der Waals surface area contributed by atoms with E-state index in [4.69, 9.17) is 4.42 Å². The molecule has 3 heterocycles. The largest absolute Gasteiger partial charge is 0.463 e. The number of carbonyl (C=O) groups excluding carboxylic acids is 1. The average molecular weight is 365 g/mol. The monoisotopic (exact) mass is 364 g/mol. The first kappa shape index (κ1) is 18.3. The standard InChI is InChI=1S/C14H20N2O5S.ClH/c1-3-11-13(4-12(21-11)14(17)20-2)22(18,19)16-7-9-5-15-6-10(9)8-16;/h4,9-10,15H,3,5-8H2,1-2H3;1H/t9-,10+;. The molecule has 9 heteroatoms. The maximum atomic E-state index is 12.9. The number of methoxy groups -OCH3 is 1. The maximum absolute atomic E-state index is 12.9. The van der Waals surface area contributed by atoms with Crippen LogP contribution in [0, 0.1) is 11.8 Å². The van der Waals surface area contributed by atoms with Crippen LogP contribution in [0.3, 0.4) is 0 Å². The van der Waals surface area contributed by atoms with Crippen LogP contribution in [0.15, 0.2) is 15.4 Å². The van der Waals surface area contributed by atoms with Crippen LogP contribution in [0.2, 0.25) is 0 Å². The highest BCUT2D eigenvalue weighted by molar-refractivity contribution is 7.89. The van der Waals surface area contributed by atoms with Crippen molar-refractivity contribution in [1.82, 2.24) is 9.62 Å². The van der Waals surface area contributed by atoms with Crippen molar-refractivity contribution >= 4 is 28.4 Å². The molecule has 23 heavy (non-hydrogen) atoms. The van der Waals surface area contributed by atoms with E-state index in [-0.39, 0.29) is 23.1 Å². The van der Waals surface area contributed by atoms with Crippen molar-refractivity contribution in [2.24, 2.45) is 11.8 Å². The van der Waals surface area contributed by atoms with Crippen LogP contribution in [0.5, 0.6) is 0 Å². The van der Waals surface area contributed by atoms with Gasteiger partial charge in [-0.3, -0.25) is 0 Å². The molecule has 2 saturated heterocycles. The first-order chi connectivity index (χ1) is 10.5. The van der Waals surface area contributed by atoms with Gasteiger partial charge in [-0.15, -0.1) is 12.4 Å². The van der Waals surface area contributed by atoms with Gasteiger partial charge in [0.05, 0.1) is 7.11 Å². The first-order valence-electron chi connectivity index (χ1n) is 7.39. The lowest BCUT2D eigenvalue weighted by Crippen LogP contribution is -2.32. The summed E-state index contributed by atoms with van der Waals surface area (Å²) < 4.78 is 37.2. The van der Waals surface area contributed by atoms with Gasteiger partial charge >= 0.3 is 5.97 Å². The minimum atomic E-state index is -3.64. The quantitative estimate of drug-likeness (QED) is 0.798. The van der Waals surface area contributed by atoms with E-state index in [2.05, 4.69) is 10.1 Å². The molecule has 3 rings (SSSR count). The lowest BCUT2D eigenvalue weighted by Gasteiger charge is -2.16. The molecule has 130 valence electrons. The van der Waals surface area contributed by atoms with Gasteiger partial charge in [0.15, 0.2) is 0 Å². The second kappa shape index (κ2) is 6.80. The lowest BCUT2D eigenvalue weighted by atomic mass is 10.0. The average Bonchev–Trinajstić information content (AvgIpc) is 3.19. The highest BCUT2D eigenvalue weighted by Gasteiger charge is 2.42. The molecule has 2 aliphatic heterocycles. The fraction of sp³-hybridized carbons (Fsp3) is 0.643. The van der Waals surface area contributed by atoms with E-state index in [1.807, 2.05) is 0 Å². The summed E-state index contributed by atoms with van der Waals surface area (Å²) in [4.78, 5) is 11.7. The van der Waals surface area contributed by atoms with Crippen LogP contribution in [-0.4, -0.2) is 52.0 Å². The summed E-state index contributed by atoms with van der Waals surface area (Å²) in [6.45, 7) is 4.54. The van der Waals surface area contributed by atoms with Gasteiger partial charge in [0.1, 0.15) is 10.7 Å². The number of hydrogen-bond donors (Lipinski definition) is 1. The number of ether oxygens (including phenoxy) is 1. The van der Waals surface area contributed by atoms with Gasteiger partial charge in [0.25, 0.3) is 0 Å². The topological polar surface area (TPSA) is 88.8 Å². The molecule has 2 atom stereocenters. The summed E-state index contributed by atoms with van der Waals surface area (Å²) in [5.74, 6) is 0.298. The van der Waals surface area contributed by atoms with Crippen molar-refractivity contribution in [2.75, 3.05) is 33.3 Å². The number of nitrogens with one attached hydrogen (secondary N) is 1. The zero-order valence-electron chi connectivity index (χ0n) is 13.1. The molecule has 2 fully saturated rings. The molecule has 1 aromatic heterocycles. The predicted octanol–water partition coefficient (Wildman–Crippen LogP) is 0.890. The summed E-state index contributed by atoms with van der Waals surface area (Å²) >= 11 is 0. The van der Waals surface area contributed by atoms with E-state index < -0.39 is 16.0 Å². The second-order valence-corrected chi connectivity index (χ2v) is 7.65. The van der Waals surface area contributed by atoms with Crippen molar-refractivity contribution < 1.29 is 22.4 Å². The third-order valence-corrected chi connectivity index (χ3v) is 6.33. The zero-order chi connectivity index (χ0) is 15.9. The van der Waals surface area contributed by atoms with Crippen molar-refractivity contribution in [3.63, 3.8) is 0 Å². The van der Waals surface area contributed by atoms with Gasteiger partial charge < -0.3 is 14.5 Å². The van der Waals surface area contributed by atoms with Crippen molar-refractivity contribution in [1.29, 1.82) is 0 Å². The molecule has 0 spiro atoms. The number of fused-ring (bicyclic) bond motifs is 1. The van der Waals surface area contributed by atoms with Gasteiger partial charge in [0.2, 0.25) is 15.8 Å². The Morgan fingerprint density at radius 3 is 2.52 bits per heavy atom. The molecule has 1 aromatic rings. The number of aryl methyl sites for hydroxylation is 1. The fourth-order valence-corrected chi connectivity index (χ4v) is 5.01. The summed E-state index contributed by atoms with van der Waals surface area (Å²) in [6, 6.07) is 1.28. The van der Waals surface area contributed by atoms with Crippen LogP contribution >= 0.6 is 12.4 Å². The molecule has 0 radical (unpaired) electrons. The number of carbonyl (C=O) groups is 1. The lowest BCUT2D eigenvalue weighted by molar-refractivity contribution is 0.0563. The number of esters is 1. The van der Waals surface area contributed by atoms with Gasteiger partial charge in [-0.1, -0.05) is 6.92 Å². The number of furan rings is 1. The highest BCUT2D eigenvalue weighted by atomic mass is 35.5. The van der Waals surface area contributed by atoms with Crippen LogP contribution in [0.1, 0.15) is 23.2 Å². The second-order valence-electron chi connectivity index (χ2n) is 5.74. The molecular formula is C14H21ClN2O5S. The summed E-state index contributed by atoms with van der Waals surface area (Å²) in [5, 5.41) is 3.28. The first-order valence-corrected chi connectivity index (χ1v) is 8.83. The summed E-state index contributed by atoms with van der Waals surface area (Å²) in [5.41, 5.74) is 0. The van der Waals surface area contributed by atoms with E-state index in [9.17, 15) is 13.2 Å². The van der Waals surface area contributed by atoms with Crippen molar-refractivity contribution in [3.05, 3.63) is 17.6 Å². The van der Waals surface area contributed by atoms with Crippen LogP contribution < -0.4 is 5.32 Å². The van der Waals surface area contributed by atoms with Crippen molar-refractivity contribution in [2.45, 2.75) is 18.2 Å². The highest BCUT2D eigenvalue weighted by Crippen LogP contribution is 2.33. The Balaban J connectivity index is 0.00000192. The number of hydrogen-bond acceptors (Lipinski definition) is 6. The molecule has 0 unspecified atom stereocenters. The van der Waals surface area contributed by atoms with Gasteiger partial charge in [0, 0.05) is 25.6 Å². The molecule has 1 N–H and O–H groups in total. The number of sulfonamides is 1. The number of nitrogens with zero attached hydrogens (tertiary/aromatic N) is 1. The van der Waals surface area contributed by atoms with Crippen molar-refractivity contribution in [3.8, 4) is 0 Å². The predicted molar refractivity (Wildman–Crippen MR) is 85.3 cm³/mol. The van der Waals surface area contributed by atoms with Crippen LogP contribution in [-0.2, 0) is 21.2 Å². The Morgan fingerprint density at radius 1 is 1.39 bits per heavy atom. The molecule has 7 nitrogen and oxygen atoms in total. The number of rotatable bonds is 4. The Bertz CT molecular complexity index is 675. The van der Waals surface area contributed by atoms with E-state index in [1.165, 1.54) is 17.5 Å². The molecule has 0 amide bonds. The summed E-state index contributed by atoms with van der Waals surface area (Å²) in [7, 11) is -2.40. The number of halogens is 1. The Morgan fingerprint density at radius 2 is 2.00 bits per heavy atom. The van der Waals surface area contributed by atoms with Gasteiger partial charge in [-0.2, -0.15) is 4.31 Å².